The highest BCUT2D eigenvalue weighted by atomic mass is 15.3. The van der Waals surface area contributed by atoms with E-state index in [9.17, 15) is 0 Å². The van der Waals surface area contributed by atoms with Gasteiger partial charge in [-0.1, -0.05) is 0 Å². The maximum absolute atomic E-state index is 4.74. The summed E-state index contributed by atoms with van der Waals surface area (Å²) >= 11 is 0. The summed E-state index contributed by atoms with van der Waals surface area (Å²) in [6.07, 6.45) is 14.3. The Bertz CT molecular complexity index is 1230. The van der Waals surface area contributed by atoms with Crippen LogP contribution in [0.3, 0.4) is 0 Å². The van der Waals surface area contributed by atoms with Crippen molar-refractivity contribution in [1.82, 2.24) is 49.1 Å². The summed E-state index contributed by atoms with van der Waals surface area (Å²) in [6.45, 7) is 0. The van der Waals surface area contributed by atoms with Crippen molar-refractivity contribution in [3.8, 4) is 34.4 Å². The van der Waals surface area contributed by atoms with Gasteiger partial charge in [-0.25, -0.2) is 28.7 Å². The van der Waals surface area contributed by atoms with Crippen LogP contribution in [-0.4, -0.2) is 49.1 Å². The van der Waals surface area contributed by atoms with E-state index in [2.05, 4.69) is 20.4 Å². The van der Waals surface area contributed by atoms with Crippen LogP contribution in [0.1, 0.15) is 0 Å². The molecule has 0 aliphatic heterocycles. The molecule has 0 amide bonds. The maximum Gasteiger partial charge on any atom is 0.156 e. The Morgan fingerprint density at radius 3 is 0.906 bits per heavy atom. The van der Waals surface area contributed by atoms with Gasteiger partial charge in [-0.05, 0) is 59.7 Å². The first-order valence-corrected chi connectivity index (χ1v) is 9.88. The largest absolute Gasteiger partial charge is 0.223 e. The average molecular weight is 420 g/mol. The van der Waals surface area contributed by atoms with Gasteiger partial charge in [-0.2, -0.15) is 20.4 Å². The summed E-state index contributed by atoms with van der Waals surface area (Å²) in [4.78, 5) is 9.48. The first-order chi connectivity index (χ1) is 15.8. The molecule has 6 aromatic heterocycles. The van der Waals surface area contributed by atoms with E-state index in [1.165, 1.54) is 0 Å². The molecule has 10 nitrogen and oxygen atoms in total. The third kappa shape index (κ3) is 3.25. The first-order valence-electron chi connectivity index (χ1n) is 9.88. The Labute approximate surface area is 182 Å². The molecule has 6 rings (SSSR count). The van der Waals surface area contributed by atoms with Crippen molar-refractivity contribution >= 4 is 0 Å². The van der Waals surface area contributed by atoms with E-state index in [0.29, 0.717) is 23.3 Å². The van der Waals surface area contributed by atoms with Crippen LogP contribution in [0.2, 0.25) is 0 Å². The van der Waals surface area contributed by atoms with Crippen molar-refractivity contribution in [2.75, 3.05) is 0 Å². The van der Waals surface area contributed by atoms with E-state index in [1.807, 2.05) is 73.3 Å². The minimum absolute atomic E-state index is 0.677. The van der Waals surface area contributed by atoms with E-state index >= 15 is 0 Å². The monoisotopic (exact) mass is 420 g/mol. The molecular weight excluding hydrogens is 404 g/mol. The third-order valence-corrected chi connectivity index (χ3v) is 4.89. The molecule has 0 radical (unpaired) electrons. The zero-order chi connectivity index (χ0) is 21.3. The second-order valence-electron chi connectivity index (χ2n) is 6.95. The fourth-order valence-corrected chi connectivity index (χ4v) is 3.42. The second kappa shape index (κ2) is 7.43. The molecule has 0 atom stereocenters. The fraction of sp³-hybridized carbons (Fsp3) is 0. The predicted molar refractivity (Wildman–Crippen MR) is 116 cm³/mol. The molecule has 0 unspecified atom stereocenters. The van der Waals surface area contributed by atoms with Crippen LogP contribution in [0.4, 0.5) is 0 Å². The Morgan fingerprint density at radius 2 is 0.688 bits per heavy atom. The van der Waals surface area contributed by atoms with Crippen molar-refractivity contribution in [3.05, 3.63) is 98.1 Å². The van der Waals surface area contributed by atoms with E-state index in [1.54, 1.807) is 43.5 Å². The number of aromatic nitrogens is 10. The molecule has 0 aliphatic carbocycles. The predicted octanol–water partition coefficient (Wildman–Crippen LogP) is 2.89. The van der Waals surface area contributed by atoms with Gasteiger partial charge in [-0.15, -0.1) is 0 Å². The zero-order valence-corrected chi connectivity index (χ0v) is 16.7. The summed E-state index contributed by atoms with van der Waals surface area (Å²) < 4.78 is 6.89. The molecule has 0 N–H and O–H groups in total. The van der Waals surface area contributed by atoms with Crippen molar-refractivity contribution in [3.63, 3.8) is 0 Å². The molecule has 154 valence electrons. The molecule has 0 fully saturated rings. The van der Waals surface area contributed by atoms with Gasteiger partial charge in [-0.3, -0.25) is 0 Å². The third-order valence-electron chi connectivity index (χ3n) is 4.89. The molecule has 0 aromatic carbocycles. The van der Waals surface area contributed by atoms with Gasteiger partial charge in [0.1, 0.15) is 0 Å². The lowest BCUT2D eigenvalue weighted by atomic mass is 10.1. The summed E-state index contributed by atoms with van der Waals surface area (Å²) in [5.74, 6) is 2.71. The Morgan fingerprint density at radius 1 is 0.406 bits per heavy atom. The summed E-state index contributed by atoms with van der Waals surface area (Å²) in [5.41, 5.74) is 1.86. The smallest absolute Gasteiger partial charge is 0.156 e. The lowest BCUT2D eigenvalue weighted by molar-refractivity contribution is 0.801. The van der Waals surface area contributed by atoms with Crippen LogP contribution < -0.4 is 0 Å². The van der Waals surface area contributed by atoms with Crippen LogP contribution in [-0.2, 0) is 0 Å². The molecule has 10 heteroatoms. The van der Waals surface area contributed by atoms with Crippen LogP contribution in [0, 0.1) is 0 Å². The molecule has 0 bridgehead atoms. The quantitative estimate of drug-likeness (QED) is 0.425. The molecule has 0 spiro atoms. The molecule has 32 heavy (non-hydrogen) atoms. The Balaban J connectivity index is 1.57. The minimum atomic E-state index is 0.677. The Kier molecular flexibility index (Phi) is 4.17. The van der Waals surface area contributed by atoms with Crippen LogP contribution in [0.25, 0.3) is 34.4 Å². The molecule has 0 aliphatic rings. The summed E-state index contributed by atoms with van der Waals surface area (Å²) in [6, 6.07) is 15.4. The molecular formula is C22H16N10. The van der Waals surface area contributed by atoms with Gasteiger partial charge in [0.15, 0.2) is 23.3 Å². The summed E-state index contributed by atoms with van der Waals surface area (Å²) in [7, 11) is 0. The van der Waals surface area contributed by atoms with Crippen molar-refractivity contribution in [2.45, 2.75) is 0 Å². The van der Waals surface area contributed by atoms with Crippen molar-refractivity contribution in [1.29, 1.82) is 0 Å². The first kappa shape index (κ1) is 18.0. The van der Waals surface area contributed by atoms with Crippen LogP contribution in [0.15, 0.2) is 98.1 Å². The number of rotatable bonds is 5. The van der Waals surface area contributed by atoms with Gasteiger partial charge in [0, 0.05) is 49.6 Å². The molecule has 0 saturated heterocycles. The topological polar surface area (TPSA) is 97.1 Å². The SMILES string of the molecule is c1cnn(-c2cc(-c3cc(-n4cccn4)nc(-n4cccn4)c3)cc(-n3cccn3)n2)c1. The number of hydrogen-bond donors (Lipinski definition) is 0. The van der Waals surface area contributed by atoms with Gasteiger partial charge in [0.25, 0.3) is 0 Å². The minimum Gasteiger partial charge on any atom is -0.223 e. The highest BCUT2D eigenvalue weighted by Gasteiger charge is 2.13. The van der Waals surface area contributed by atoms with Crippen molar-refractivity contribution in [2.24, 2.45) is 0 Å². The Hall–Kier alpha value is -4.86. The highest BCUT2D eigenvalue weighted by molar-refractivity contribution is 5.70. The van der Waals surface area contributed by atoms with Crippen LogP contribution in [0.5, 0.6) is 0 Å². The van der Waals surface area contributed by atoms with E-state index < -0.39 is 0 Å². The fourth-order valence-electron chi connectivity index (χ4n) is 3.42. The van der Waals surface area contributed by atoms with Gasteiger partial charge in [0.2, 0.25) is 0 Å². The van der Waals surface area contributed by atoms with Gasteiger partial charge < -0.3 is 0 Å². The van der Waals surface area contributed by atoms with E-state index in [0.717, 1.165) is 11.1 Å². The van der Waals surface area contributed by atoms with Crippen LogP contribution >= 0.6 is 0 Å². The van der Waals surface area contributed by atoms with Gasteiger partial charge in [0.05, 0.1) is 0 Å². The maximum atomic E-state index is 4.74. The standard InChI is InChI=1S/C22H16N10/c1-5-23-29(9-1)19-13-17(14-20(27-19)30-10-2-6-24-30)18-15-21(31-11-3-7-25-31)28-22(16-18)32-12-4-8-26-32/h1-16H. The number of nitrogens with zero attached hydrogens (tertiary/aromatic N) is 10. The number of hydrogen-bond acceptors (Lipinski definition) is 6. The lowest BCUT2D eigenvalue weighted by Gasteiger charge is -2.12. The zero-order valence-electron chi connectivity index (χ0n) is 16.7. The average Bonchev–Trinajstić information content (AvgIpc) is 3.67. The number of pyridine rings is 2. The normalized spacial score (nSPS) is 11.1. The molecule has 0 saturated carbocycles. The summed E-state index contributed by atoms with van der Waals surface area (Å²) in [5, 5.41) is 17.4. The van der Waals surface area contributed by atoms with E-state index in [4.69, 9.17) is 9.97 Å². The lowest BCUT2D eigenvalue weighted by Crippen LogP contribution is -2.07. The highest BCUT2D eigenvalue weighted by Crippen LogP contribution is 2.27. The molecule has 6 heterocycles. The van der Waals surface area contributed by atoms with E-state index in [-0.39, 0.29) is 0 Å². The van der Waals surface area contributed by atoms with Crippen molar-refractivity contribution < 1.29 is 0 Å². The second-order valence-corrected chi connectivity index (χ2v) is 6.95. The molecule has 6 aromatic rings. The van der Waals surface area contributed by atoms with Gasteiger partial charge >= 0.3 is 0 Å².